The molecule has 0 fully saturated rings. The average Bonchev–Trinajstić information content (AvgIpc) is 2.75. The van der Waals surface area contributed by atoms with Gasteiger partial charge in [0.05, 0.1) is 13.7 Å². The Morgan fingerprint density at radius 3 is 2.28 bits per heavy atom. The summed E-state index contributed by atoms with van der Waals surface area (Å²) >= 11 is 5.02. The van der Waals surface area contributed by atoms with E-state index in [0.29, 0.717) is 5.56 Å². The van der Waals surface area contributed by atoms with Crippen molar-refractivity contribution in [1.82, 2.24) is 5.32 Å². The molecule has 0 radical (unpaired) electrons. The number of carbonyl (C=O) groups is 2. The zero-order valence-corrected chi connectivity index (χ0v) is 17.3. The van der Waals surface area contributed by atoms with Gasteiger partial charge in [0.25, 0.3) is 0 Å². The molecule has 2 rings (SSSR count). The molecule has 2 unspecified atom stereocenters. The Morgan fingerprint density at radius 1 is 1.10 bits per heavy atom. The van der Waals surface area contributed by atoms with Gasteiger partial charge in [-0.2, -0.15) is 0 Å². The zero-order chi connectivity index (χ0) is 21.3. The lowest BCUT2D eigenvalue weighted by Crippen LogP contribution is -2.44. The van der Waals surface area contributed by atoms with Crippen molar-refractivity contribution in [1.29, 1.82) is 0 Å². The minimum Gasteiger partial charge on any atom is -0.467 e. The number of benzene rings is 2. The predicted molar refractivity (Wildman–Crippen MR) is 109 cm³/mol. The van der Waals surface area contributed by atoms with Crippen molar-refractivity contribution in [3.8, 4) is 0 Å². The minimum atomic E-state index is -3.73. The summed E-state index contributed by atoms with van der Waals surface area (Å²) in [6, 6.07) is 16.0. The standard InChI is InChI=1S/C19H22NO7PS/c1-25-17(21)16(20-19(23)26-12-14-8-4-2-5-9-14)13-27-28(24,29)18(22)15-10-6-3-7-11-15/h2-11,16,18,22H,12-13H2,1H3,(H,20,23)(H,24,29)/t16-,18?,28?/m0/s1. The average molecular weight is 439 g/mol. The second-order valence-electron chi connectivity index (χ2n) is 5.93. The summed E-state index contributed by atoms with van der Waals surface area (Å²) in [7, 11) is 1.14. The fourth-order valence-corrected chi connectivity index (χ4v) is 3.88. The SMILES string of the molecule is COC(=O)[C@H](COP(O)(=S)C(O)c1ccccc1)NC(=O)OCc1ccccc1. The third kappa shape index (κ3) is 7.23. The fourth-order valence-electron chi connectivity index (χ4n) is 2.28. The van der Waals surface area contributed by atoms with Gasteiger partial charge in [0.2, 0.25) is 6.49 Å². The highest BCUT2D eigenvalue weighted by Gasteiger charge is 2.31. The Hall–Kier alpha value is -2.29. The topological polar surface area (TPSA) is 114 Å². The molecule has 0 aliphatic rings. The number of nitrogens with one attached hydrogen (secondary N) is 1. The molecule has 10 heteroatoms. The van der Waals surface area contributed by atoms with Crippen LogP contribution in [0.2, 0.25) is 0 Å². The molecule has 29 heavy (non-hydrogen) atoms. The number of methoxy groups -OCH3 is 1. The molecule has 2 aromatic carbocycles. The van der Waals surface area contributed by atoms with E-state index in [1.807, 2.05) is 6.07 Å². The Kier molecular flexibility index (Phi) is 8.75. The van der Waals surface area contributed by atoms with Crippen LogP contribution < -0.4 is 5.32 Å². The zero-order valence-electron chi connectivity index (χ0n) is 15.6. The lowest BCUT2D eigenvalue weighted by Gasteiger charge is -2.24. The molecule has 0 saturated heterocycles. The number of ether oxygens (including phenoxy) is 2. The second kappa shape index (κ2) is 11.0. The number of hydrogen-bond acceptors (Lipinski definition) is 7. The van der Waals surface area contributed by atoms with Gasteiger partial charge < -0.3 is 29.3 Å². The van der Waals surface area contributed by atoms with Crippen LogP contribution in [0.15, 0.2) is 60.7 Å². The lowest BCUT2D eigenvalue weighted by atomic mass is 10.2. The highest BCUT2D eigenvalue weighted by Crippen LogP contribution is 2.55. The van der Waals surface area contributed by atoms with Crippen LogP contribution >= 0.6 is 6.49 Å². The third-order valence-electron chi connectivity index (χ3n) is 3.82. The van der Waals surface area contributed by atoms with Crippen LogP contribution in [0.1, 0.15) is 17.0 Å². The third-order valence-corrected chi connectivity index (χ3v) is 6.17. The van der Waals surface area contributed by atoms with Gasteiger partial charge in [0.1, 0.15) is 6.61 Å². The first-order chi connectivity index (χ1) is 13.8. The number of hydrogen-bond donors (Lipinski definition) is 3. The number of amides is 1. The van der Waals surface area contributed by atoms with E-state index < -0.39 is 37.0 Å². The normalized spacial score (nSPS) is 14.9. The van der Waals surface area contributed by atoms with Crippen molar-refractivity contribution < 1.29 is 33.6 Å². The molecular weight excluding hydrogens is 417 g/mol. The highest BCUT2D eigenvalue weighted by molar-refractivity contribution is 8.09. The molecule has 0 aromatic heterocycles. The van der Waals surface area contributed by atoms with E-state index in [1.165, 1.54) is 0 Å². The van der Waals surface area contributed by atoms with E-state index in [0.717, 1.165) is 12.7 Å². The first kappa shape index (κ1) is 23.0. The molecule has 0 aliphatic carbocycles. The van der Waals surface area contributed by atoms with Crippen LogP contribution in [0.25, 0.3) is 0 Å². The Morgan fingerprint density at radius 2 is 1.69 bits per heavy atom. The molecular formula is C19H22NO7PS. The van der Waals surface area contributed by atoms with Gasteiger partial charge in [-0.25, -0.2) is 9.59 Å². The monoisotopic (exact) mass is 439 g/mol. The summed E-state index contributed by atoms with van der Waals surface area (Å²) < 4.78 is 14.9. The van der Waals surface area contributed by atoms with E-state index in [-0.39, 0.29) is 6.61 Å². The summed E-state index contributed by atoms with van der Waals surface area (Å²) in [5.74, 6) is -2.26. The number of aliphatic hydroxyl groups is 1. The smallest absolute Gasteiger partial charge is 0.408 e. The summed E-state index contributed by atoms with van der Waals surface area (Å²) in [5.41, 5.74) is 1.15. The lowest BCUT2D eigenvalue weighted by molar-refractivity contribution is -0.143. The maximum absolute atomic E-state index is 12.0. The van der Waals surface area contributed by atoms with Crippen LogP contribution in [0.4, 0.5) is 4.79 Å². The van der Waals surface area contributed by atoms with E-state index in [9.17, 15) is 19.6 Å². The molecule has 0 spiro atoms. The fraction of sp³-hybridized carbons (Fsp3) is 0.263. The maximum atomic E-state index is 12.0. The van der Waals surface area contributed by atoms with Crippen molar-refractivity contribution in [2.75, 3.05) is 13.7 Å². The van der Waals surface area contributed by atoms with Crippen LogP contribution in [-0.2, 0) is 37.2 Å². The molecule has 0 aliphatic heterocycles. The van der Waals surface area contributed by atoms with Crippen molar-refractivity contribution >= 4 is 30.4 Å². The van der Waals surface area contributed by atoms with Crippen LogP contribution in [-0.4, -0.2) is 41.8 Å². The Labute approximate surface area is 173 Å². The van der Waals surface area contributed by atoms with Crippen molar-refractivity contribution in [3.63, 3.8) is 0 Å². The van der Waals surface area contributed by atoms with Gasteiger partial charge in [0, 0.05) is 0 Å². The van der Waals surface area contributed by atoms with Crippen LogP contribution in [0, 0.1) is 0 Å². The molecule has 156 valence electrons. The minimum absolute atomic E-state index is 0.00607. The quantitative estimate of drug-likeness (QED) is 0.403. The number of rotatable bonds is 9. The predicted octanol–water partition coefficient (Wildman–Crippen LogP) is 2.46. The summed E-state index contributed by atoms with van der Waals surface area (Å²) in [4.78, 5) is 34.3. The Bertz CT molecular complexity index is 850. The van der Waals surface area contributed by atoms with Gasteiger partial charge in [-0.1, -0.05) is 60.7 Å². The first-order valence-corrected chi connectivity index (χ1v) is 11.3. The van der Waals surface area contributed by atoms with Gasteiger partial charge in [0.15, 0.2) is 11.9 Å². The van der Waals surface area contributed by atoms with Gasteiger partial charge in [-0.3, -0.25) is 0 Å². The van der Waals surface area contributed by atoms with Crippen LogP contribution in [0.3, 0.4) is 0 Å². The summed E-state index contributed by atoms with van der Waals surface area (Å²) in [6.07, 6.45) is -0.872. The largest absolute Gasteiger partial charge is 0.467 e. The molecule has 3 atom stereocenters. The molecule has 0 heterocycles. The van der Waals surface area contributed by atoms with Gasteiger partial charge in [-0.15, -0.1) is 0 Å². The molecule has 1 amide bonds. The number of carbonyl (C=O) groups excluding carboxylic acids is 2. The van der Waals surface area contributed by atoms with E-state index >= 15 is 0 Å². The van der Waals surface area contributed by atoms with Gasteiger partial charge in [-0.05, 0) is 22.9 Å². The van der Waals surface area contributed by atoms with Crippen molar-refractivity contribution in [2.45, 2.75) is 18.5 Å². The van der Waals surface area contributed by atoms with Gasteiger partial charge >= 0.3 is 12.1 Å². The maximum Gasteiger partial charge on any atom is 0.408 e. The van der Waals surface area contributed by atoms with Crippen LogP contribution in [0.5, 0.6) is 0 Å². The van der Waals surface area contributed by atoms with E-state index in [2.05, 4.69) is 10.1 Å². The van der Waals surface area contributed by atoms with E-state index in [1.54, 1.807) is 54.6 Å². The number of esters is 1. The number of aliphatic hydroxyl groups excluding tert-OH is 1. The highest BCUT2D eigenvalue weighted by atomic mass is 32.5. The molecule has 0 saturated carbocycles. The molecule has 2 aromatic rings. The van der Waals surface area contributed by atoms with E-state index in [4.69, 9.17) is 21.1 Å². The second-order valence-corrected chi connectivity index (χ2v) is 9.37. The van der Waals surface area contributed by atoms with Crippen molar-refractivity contribution in [2.24, 2.45) is 0 Å². The Balaban J connectivity index is 1.94. The molecule has 0 bridgehead atoms. The number of alkyl carbamates (subject to hydrolysis) is 1. The van der Waals surface area contributed by atoms with Crippen molar-refractivity contribution in [3.05, 3.63) is 71.8 Å². The molecule has 3 N–H and O–H groups in total. The first-order valence-electron chi connectivity index (χ1n) is 8.58. The molecule has 8 nitrogen and oxygen atoms in total. The summed E-state index contributed by atoms with van der Waals surface area (Å²) in [6.45, 7) is -4.22. The summed E-state index contributed by atoms with van der Waals surface area (Å²) in [5, 5.41) is 12.6.